The van der Waals surface area contributed by atoms with Crippen LogP contribution in [0.15, 0.2) is 35.4 Å². The van der Waals surface area contributed by atoms with Crippen LogP contribution in [0.25, 0.3) is 10.2 Å². The van der Waals surface area contributed by atoms with Gasteiger partial charge in [0.25, 0.3) is 11.5 Å². The van der Waals surface area contributed by atoms with Gasteiger partial charge in [-0.3, -0.25) is 19.0 Å². The third kappa shape index (κ3) is 3.96. The van der Waals surface area contributed by atoms with Crippen LogP contribution in [0.2, 0.25) is 0 Å². The largest absolute Gasteiger partial charge is 0.345 e. The fourth-order valence-electron chi connectivity index (χ4n) is 2.86. The molecule has 3 aromatic rings. The Bertz CT molecular complexity index is 1110. The molecule has 0 fully saturated rings. The van der Waals surface area contributed by atoms with E-state index < -0.39 is 0 Å². The number of carbonyl (C=O) groups is 2. The Kier molecular flexibility index (Phi) is 5.60. The van der Waals surface area contributed by atoms with Gasteiger partial charge < -0.3 is 10.2 Å². The van der Waals surface area contributed by atoms with Crippen molar-refractivity contribution in [2.45, 2.75) is 26.8 Å². The quantitative estimate of drug-likeness (QED) is 0.716. The van der Waals surface area contributed by atoms with Crippen LogP contribution in [0.1, 0.15) is 27.2 Å². The van der Waals surface area contributed by atoms with E-state index in [0.717, 1.165) is 15.3 Å². The SMILES string of the molecule is Cc1sc2ncn(CCC(=O)Nc3cccc(C(=O)N(C)C)c3)c(=O)c2c1C. The van der Waals surface area contributed by atoms with E-state index >= 15 is 0 Å². The standard InChI is InChI=1S/C20H22N4O3S/c1-12-13(2)28-18-17(12)20(27)24(11-21-18)9-8-16(25)22-15-7-5-6-14(10-15)19(26)23(3)4/h5-7,10-11H,8-9H2,1-4H3,(H,22,25). The van der Waals surface area contributed by atoms with E-state index in [1.54, 1.807) is 38.4 Å². The molecular formula is C20H22N4O3S. The highest BCUT2D eigenvalue weighted by Crippen LogP contribution is 2.25. The molecule has 0 aliphatic carbocycles. The first kappa shape index (κ1) is 19.8. The molecule has 0 unspecified atom stereocenters. The third-order valence-corrected chi connectivity index (χ3v) is 5.65. The summed E-state index contributed by atoms with van der Waals surface area (Å²) >= 11 is 1.50. The maximum absolute atomic E-state index is 12.7. The first-order valence-corrected chi connectivity index (χ1v) is 9.66. The summed E-state index contributed by atoms with van der Waals surface area (Å²) in [7, 11) is 3.35. The van der Waals surface area contributed by atoms with Gasteiger partial charge in [0.2, 0.25) is 5.91 Å². The van der Waals surface area contributed by atoms with Crippen LogP contribution in [0, 0.1) is 13.8 Å². The van der Waals surface area contributed by atoms with E-state index in [2.05, 4.69) is 10.3 Å². The van der Waals surface area contributed by atoms with Gasteiger partial charge in [-0.05, 0) is 37.6 Å². The molecule has 0 saturated carbocycles. The van der Waals surface area contributed by atoms with Crippen LogP contribution in [-0.2, 0) is 11.3 Å². The monoisotopic (exact) mass is 398 g/mol. The van der Waals surface area contributed by atoms with E-state index in [9.17, 15) is 14.4 Å². The molecule has 7 nitrogen and oxygen atoms in total. The Labute approximate surface area is 166 Å². The predicted octanol–water partition coefficient (Wildman–Crippen LogP) is 2.81. The fourth-order valence-corrected chi connectivity index (χ4v) is 3.85. The molecular weight excluding hydrogens is 376 g/mol. The lowest BCUT2D eigenvalue weighted by Gasteiger charge is -2.12. The highest BCUT2D eigenvalue weighted by atomic mass is 32.1. The number of aromatic nitrogens is 2. The number of hydrogen-bond donors (Lipinski definition) is 1. The number of aryl methyl sites for hydroxylation is 3. The van der Waals surface area contributed by atoms with Gasteiger partial charge in [-0.25, -0.2) is 4.98 Å². The minimum absolute atomic E-state index is 0.126. The zero-order chi connectivity index (χ0) is 20.4. The molecule has 2 heterocycles. The van der Waals surface area contributed by atoms with Crippen LogP contribution in [0.5, 0.6) is 0 Å². The van der Waals surface area contributed by atoms with Crippen molar-refractivity contribution in [3.8, 4) is 0 Å². The summed E-state index contributed by atoms with van der Waals surface area (Å²) in [5, 5.41) is 3.40. The lowest BCUT2D eigenvalue weighted by molar-refractivity contribution is -0.116. The molecule has 0 radical (unpaired) electrons. The summed E-state index contributed by atoms with van der Waals surface area (Å²) in [6.45, 7) is 4.11. The van der Waals surface area contributed by atoms with E-state index in [1.807, 2.05) is 13.8 Å². The lowest BCUT2D eigenvalue weighted by Crippen LogP contribution is -2.24. The van der Waals surface area contributed by atoms with E-state index in [-0.39, 0.29) is 30.3 Å². The second-order valence-corrected chi connectivity index (χ2v) is 7.99. The first-order valence-electron chi connectivity index (χ1n) is 8.84. The normalized spacial score (nSPS) is 10.9. The number of thiophene rings is 1. The van der Waals surface area contributed by atoms with Crippen LogP contribution in [0.3, 0.4) is 0 Å². The molecule has 2 aromatic heterocycles. The summed E-state index contributed by atoms with van der Waals surface area (Å²) < 4.78 is 1.47. The fraction of sp³-hybridized carbons (Fsp3) is 0.300. The molecule has 0 saturated heterocycles. The summed E-state index contributed by atoms with van der Waals surface area (Å²) in [4.78, 5) is 44.6. The molecule has 0 atom stereocenters. The predicted molar refractivity (Wildman–Crippen MR) is 111 cm³/mol. The van der Waals surface area contributed by atoms with Gasteiger partial charge in [0.1, 0.15) is 4.83 Å². The number of anilines is 1. The molecule has 1 aromatic carbocycles. The highest BCUT2D eigenvalue weighted by molar-refractivity contribution is 7.18. The molecule has 0 aliphatic heterocycles. The number of fused-ring (bicyclic) bond motifs is 1. The van der Waals surface area contributed by atoms with Crippen molar-refractivity contribution in [2.75, 3.05) is 19.4 Å². The maximum Gasteiger partial charge on any atom is 0.262 e. The molecule has 0 spiro atoms. The van der Waals surface area contributed by atoms with Gasteiger partial charge in [0, 0.05) is 43.2 Å². The number of rotatable bonds is 5. The first-order chi connectivity index (χ1) is 13.3. The summed E-state index contributed by atoms with van der Waals surface area (Å²) in [6, 6.07) is 6.78. The molecule has 8 heteroatoms. The topological polar surface area (TPSA) is 84.3 Å². The van der Waals surface area contributed by atoms with Gasteiger partial charge in [0.15, 0.2) is 0 Å². The Morgan fingerprint density at radius 3 is 2.71 bits per heavy atom. The van der Waals surface area contributed by atoms with Crippen molar-refractivity contribution in [3.63, 3.8) is 0 Å². The van der Waals surface area contributed by atoms with Crippen molar-refractivity contribution < 1.29 is 9.59 Å². The zero-order valence-corrected chi connectivity index (χ0v) is 17.1. The Morgan fingerprint density at radius 1 is 1.25 bits per heavy atom. The Morgan fingerprint density at radius 2 is 2.00 bits per heavy atom. The van der Waals surface area contributed by atoms with E-state index in [0.29, 0.717) is 16.6 Å². The van der Waals surface area contributed by atoms with E-state index in [1.165, 1.54) is 27.1 Å². The van der Waals surface area contributed by atoms with Gasteiger partial charge in [-0.2, -0.15) is 0 Å². The summed E-state index contributed by atoms with van der Waals surface area (Å²) in [5.74, 6) is -0.372. The Balaban J connectivity index is 1.70. The number of nitrogens with zero attached hydrogens (tertiary/aromatic N) is 3. The van der Waals surface area contributed by atoms with Crippen LogP contribution >= 0.6 is 11.3 Å². The number of benzene rings is 1. The smallest absolute Gasteiger partial charge is 0.262 e. The number of amides is 2. The molecule has 28 heavy (non-hydrogen) atoms. The molecule has 0 aliphatic rings. The second kappa shape index (κ2) is 7.93. The minimum Gasteiger partial charge on any atom is -0.345 e. The van der Waals surface area contributed by atoms with Gasteiger partial charge in [0.05, 0.1) is 11.7 Å². The van der Waals surface area contributed by atoms with Crippen molar-refractivity contribution >= 4 is 39.1 Å². The molecule has 1 N–H and O–H groups in total. The van der Waals surface area contributed by atoms with Crippen molar-refractivity contribution in [2.24, 2.45) is 0 Å². The number of carbonyl (C=O) groups excluding carboxylic acids is 2. The average molecular weight is 398 g/mol. The van der Waals surface area contributed by atoms with E-state index in [4.69, 9.17) is 0 Å². The second-order valence-electron chi connectivity index (χ2n) is 6.79. The van der Waals surface area contributed by atoms with Gasteiger partial charge in [-0.15, -0.1) is 11.3 Å². The molecule has 2 amide bonds. The molecule has 0 bridgehead atoms. The molecule has 146 valence electrons. The van der Waals surface area contributed by atoms with Gasteiger partial charge in [-0.1, -0.05) is 6.07 Å². The van der Waals surface area contributed by atoms with Crippen LogP contribution < -0.4 is 10.9 Å². The average Bonchev–Trinajstić information content (AvgIpc) is 2.95. The highest BCUT2D eigenvalue weighted by Gasteiger charge is 2.13. The zero-order valence-electron chi connectivity index (χ0n) is 16.3. The van der Waals surface area contributed by atoms with Crippen molar-refractivity contribution in [1.29, 1.82) is 0 Å². The van der Waals surface area contributed by atoms with Crippen molar-refractivity contribution in [1.82, 2.24) is 14.5 Å². The summed E-state index contributed by atoms with van der Waals surface area (Å²) in [5.41, 5.74) is 1.86. The number of nitrogens with one attached hydrogen (secondary N) is 1. The van der Waals surface area contributed by atoms with Crippen molar-refractivity contribution in [3.05, 3.63) is 57.0 Å². The summed E-state index contributed by atoms with van der Waals surface area (Å²) in [6.07, 6.45) is 1.62. The van der Waals surface area contributed by atoms with Crippen LogP contribution in [0.4, 0.5) is 5.69 Å². The Hall–Kier alpha value is -3.00. The van der Waals surface area contributed by atoms with Gasteiger partial charge >= 0.3 is 0 Å². The molecule has 3 rings (SSSR count). The third-order valence-electron chi connectivity index (χ3n) is 4.54. The number of hydrogen-bond acceptors (Lipinski definition) is 5. The van der Waals surface area contributed by atoms with Crippen LogP contribution in [-0.4, -0.2) is 40.4 Å². The lowest BCUT2D eigenvalue weighted by atomic mass is 10.2. The maximum atomic E-state index is 12.7. The minimum atomic E-state index is -0.236.